The number of fused-ring (bicyclic) bond motifs is 1. The summed E-state index contributed by atoms with van der Waals surface area (Å²) in [6.07, 6.45) is -0.613. The molecule has 0 aromatic heterocycles. The maximum Gasteiger partial charge on any atom is 0.271 e. The van der Waals surface area contributed by atoms with E-state index < -0.39 is 29.2 Å². The minimum Gasteiger partial charge on any atom is -0.486 e. The molecule has 1 heterocycles. The van der Waals surface area contributed by atoms with Crippen molar-refractivity contribution in [1.29, 1.82) is 0 Å². The molecule has 0 saturated carbocycles. The fourth-order valence-corrected chi connectivity index (χ4v) is 4.69. The summed E-state index contributed by atoms with van der Waals surface area (Å²) in [6.45, 7) is 10.7. The van der Waals surface area contributed by atoms with Crippen molar-refractivity contribution in [2.24, 2.45) is 0 Å². The zero-order valence-electron chi connectivity index (χ0n) is 14.5. The number of hydrogen-bond acceptors (Lipinski definition) is 6. The van der Waals surface area contributed by atoms with Crippen LogP contribution < -0.4 is 4.74 Å². The Bertz CT molecular complexity index is 754. The van der Waals surface area contributed by atoms with E-state index in [0.717, 1.165) is 6.07 Å². The topological polar surface area (TPSA) is 95.7 Å². The van der Waals surface area contributed by atoms with Gasteiger partial charge in [-0.1, -0.05) is 20.8 Å². The fourth-order valence-electron chi connectivity index (χ4n) is 2.10. The molecule has 0 amide bonds. The minimum atomic E-state index is -3.64. The van der Waals surface area contributed by atoms with Gasteiger partial charge in [-0.15, -0.1) is 0 Å². The highest BCUT2D eigenvalue weighted by atomic mass is 32.2. The van der Waals surface area contributed by atoms with E-state index in [1.54, 1.807) is 0 Å². The van der Waals surface area contributed by atoms with Crippen LogP contribution >= 0.6 is 0 Å². The summed E-state index contributed by atoms with van der Waals surface area (Å²) in [5.74, 6) is -0.0915. The molecule has 1 aromatic carbocycles. The summed E-state index contributed by atoms with van der Waals surface area (Å²) in [4.78, 5) is 10.1. The van der Waals surface area contributed by atoms with Crippen LogP contribution in [0.1, 0.15) is 20.8 Å². The SMILES string of the molecule is CC(C)(C)[Si](C)(C)OC[C@@H]1CS(=O)(=O)c2cc([N+](=O)[O-])ccc2O1. The maximum absolute atomic E-state index is 12.4. The van der Waals surface area contributed by atoms with Crippen LogP contribution in [-0.2, 0) is 14.3 Å². The Morgan fingerprint density at radius 3 is 2.54 bits per heavy atom. The summed E-state index contributed by atoms with van der Waals surface area (Å²) < 4.78 is 36.6. The molecule has 0 saturated heterocycles. The lowest BCUT2D eigenvalue weighted by Gasteiger charge is -2.37. The van der Waals surface area contributed by atoms with Crippen molar-refractivity contribution < 1.29 is 22.5 Å². The first-order valence-electron chi connectivity index (χ1n) is 7.65. The predicted octanol–water partition coefficient (Wildman–Crippen LogP) is 3.15. The maximum atomic E-state index is 12.4. The van der Waals surface area contributed by atoms with Gasteiger partial charge >= 0.3 is 0 Å². The van der Waals surface area contributed by atoms with Gasteiger partial charge in [0.15, 0.2) is 18.2 Å². The van der Waals surface area contributed by atoms with Crippen molar-refractivity contribution >= 4 is 23.8 Å². The second kappa shape index (κ2) is 6.12. The van der Waals surface area contributed by atoms with Crippen LogP contribution in [-0.4, -0.2) is 40.1 Å². The van der Waals surface area contributed by atoms with E-state index in [0.29, 0.717) is 0 Å². The van der Waals surface area contributed by atoms with E-state index in [1.165, 1.54) is 12.1 Å². The lowest BCUT2D eigenvalue weighted by Crippen LogP contribution is -2.45. The Morgan fingerprint density at radius 2 is 2.00 bits per heavy atom. The Hall–Kier alpha value is -1.45. The van der Waals surface area contributed by atoms with Gasteiger partial charge in [0, 0.05) is 12.1 Å². The van der Waals surface area contributed by atoms with E-state index in [4.69, 9.17) is 9.16 Å². The third-order valence-electron chi connectivity index (χ3n) is 4.61. The molecule has 0 N–H and O–H groups in total. The first-order chi connectivity index (χ1) is 10.8. The molecule has 0 radical (unpaired) electrons. The van der Waals surface area contributed by atoms with Gasteiger partial charge in [-0.3, -0.25) is 10.1 Å². The molecular formula is C15H23NO6SSi. The Kier molecular flexibility index (Phi) is 4.82. The Labute approximate surface area is 143 Å². The smallest absolute Gasteiger partial charge is 0.271 e. The summed E-state index contributed by atoms with van der Waals surface area (Å²) in [6, 6.07) is 3.63. The molecule has 24 heavy (non-hydrogen) atoms. The third-order valence-corrected chi connectivity index (χ3v) is 10.9. The molecular weight excluding hydrogens is 350 g/mol. The third kappa shape index (κ3) is 3.78. The van der Waals surface area contributed by atoms with Crippen molar-refractivity contribution in [3.8, 4) is 5.75 Å². The van der Waals surface area contributed by atoms with Gasteiger partial charge in [-0.05, 0) is 24.2 Å². The molecule has 1 atom stereocenters. The Balaban J connectivity index is 2.21. The van der Waals surface area contributed by atoms with E-state index in [1.807, 2.05) is 0 Å². The monoisotopic (exact) mass is 373 g/mol. The van der Waals surface area contributed by atoms with E-state index in [9.17, 15) is 18.5 Å². The lowest BCUT2D eigenvalue weighted by atomic mass is 10.2. The van der Waals surface area contributed by atoms with Gasteiger partial charge in [0.05, 0.1) is 17.3 Å². The van der Waals surface area contributed by atoms with Gasteiger partial charge < -0.3 is 9.16 Å². The second-order valence-corrected chi connectivity index (χ2v) is 14.3. The molecule has 2 rings (SSSR count). The van der Waals surface area contributed by atoms with E-state index in [2.05, 4.69) is 33.9 Å². The standard InChI is InChI=1S/C15H23NO6SSi/c1-15(2,3)24(4,5)21-9-12-10-23(19,20)14-8-11(16(17)18)6-7-13(14)22-12/h6-8,12H,9-10H2,1-5H3/t12-/m1/s1. The average Bonchev–Trinajstić information content (AvgIpc) is 2.43. The summed E-state index contributed by atoms with van der Waals surface area (Å²) in [5, 5.41) is 10.8. The number of non-ortho nitro benzene ring substituents is 1. The number of hydrogen-bond donors (Lipinski definition) is 0. The summed E-state index contributed by atoms with van der Waals surface area (Å²) >= 11 is 0. The molecule has 0 aliphatic carbocycles. The average molecular weight is 374 g/mol. The van der Waals surface area contributed by atoms with Crippen molar-refractivity contribution in [2.45, 2.75) is 49.9 Å². The second-order valence-electron chi connectivity index (χ2n) is 7.48. The molecule has 0 spiro atoms. The number of nitro groups is 1. The number of benzene rings is 1. The first kappa shape index (κ1) is 18.9. The molecule has 9 heteroatoms. The van der Waals surface area contributed by atoms with Gasteiger partial charge in [0.25, 0.3) is 5.69 Å². The van der Waals surface area contributed by atoms with E-state index in [-0.39, 0.29) is 33.7 Å². The van der Waals surface area contributed by atoms with Crippen molar-refractivity contribution in [3.63, 3.8) is 0 Å². The normalized spacial score (nSPS) is 20.1. The van der Waals surface area contributed by atoms with Crippen LogP contribution in [0.4, 0.5) is 5.69 Å². The Morgan fingerprint density at radius 1 is 1.38 bits per heavy atom. The lowest BCUT2D eigenvalue weighted by molar-refractivity contribution is -0.385. The van der Waals surface area contributed by atoms with Crippen LogP contribution in [0.15, 0.2) is 23.1 Å². The zero-order valence-corrected chi connectivity index (χ0v) is 16.3. The first-order valence-corrected chi connectivity index (χ1v) is 12.2. The van der Waals surface area contributed by atoms with Crippen LogP contribution in [0.3, 0.4) is 0 Å². The number of rotatable bonds is 4. The summed E-state index contributed by atoms with van der Waals surface area (Å²) in [7, 11) is -5.66. The van der Waals surface area contributed by atoms with Crippen LogP contribution in [0.25, 0.3) is 0 Å². The van der Waals surface area contributed by atoms with Gasteiger partial charge in [0.2, 0.25) is 0 Å². The minimum absolute atomic E-state index is 0.0130. The van der Waals surface area contributed by atoms with E-state index >= 15 is 0 Å². The van der Waals surface area contributed by atoms with Crippen LogP contribution in [0, 0.1) is 10.1 Å². The highest BCUT2D eigenvalue weighted by Crippen LogP contribution is 2.38. The number of sulfone groups is 1. The van der Waals surface area contributed by atoms with Crippen molar-refractivity contribution in [3.05, 3.63) is 28.3 Å². The predicted molar refractivity (Wildman–Crippen MR) is 92.7 cm³/mol. The van der Waals surface area contributed by atoms with Crippen LogP contribution in [0.5, 0.6) is 5.75 Å². The van der Waals surface area contributed by atoms with Gasteiger partial charge in [-0.25, -0.2) is 8.42 Å². The molecule has 7 nitrogen and oxygen atoms in total. The van der Waals surface area contributed by atoms with Crippen molar-refractivity contribution in [1.82, 2.24) is 0 Å². The highest BCUT2D eigenvalue weighted by molar-refractivity contribution is 7.91. The molecule has 1 aliphatic heterocycles. The van der Waals surface area contributed by atoms with Crippen molar-refractivity contribution in [2.75, 3.05) is 12.4 Å². The molecule has 1 aliphatic rings. The number of nitro benzene ring substituents is 1. The zero-order chi connectivity index (χ0) is 18.3. The van der Waals surface area contributed by atoms with Crippen LogP contribution in [0.2, 0.25) is 18.1 Å². The number of nitrogens with zero attached hydrogens (tertiary/aromatic N) is 1. The molecule has 0 fully saturated rings. The molecule has 0 bridgehead atoms. The highest BCUT2D eigenvalue weighted by Gasteiger charge is 2.40. The molecule has 1 aromatic rings. The van der Waals surface area contributed by atoms with Gasteiger partial charge in [-0.2, -0.15) is 0 Å². The molecule has 134 valence electrons. The quantitative estimate of drug-likeness (QED) is 0.457. The fraction of sp³-hybridized carbons (Fsp3) is 0.600. The molecule has 0 unspecified atom stereocenters. The largest absolute Gasteiger partial charge is 0.486 e. The number of ether oxygens (including phenoxy) is 1. The summed E-state index contributed by atoms with van der Waals surface area (Å²) in [5.41, 5.74) is -0.267. The van der Waals surface area contributed by atoms with Gasteiger partial charge in [0.1, 0.15) is 16.7 Å².